The molecular formula is C17H20N6O2. The number of hydrogen-bond acceptors (Lipinski definition) is 8. The Kier molecular flexibility index (Phi) is 4.27. The Hall–Kier alpha value is -2.61. The molecule has 0 spiro atoms. The molecule has 8 heteroatoms. The van der Waals surface area contributed by atoms with Gasteiger partial charge in [0.1, 0.15) is 12.1 Å². The molecule has 8 nitrogen and oxygen atoms in total. The van der Waals surface area contributed by atoms with E-state index in [0.717, 1.165) is 50.8 Å². The average molecular weight is 340 g/mol. The number of aldehydes is 1. The highest BCUT2D eigenvalue weighted by Crippen LogP contribution is 2.47. The topological polar surface area (TPSA) is 93.1 Å². The molecule has 2 aliphatic rings. The lowest BCUT2D eigenvalue weighted by Crippen LogP contribution is -2.29. The van der Waals surface area contributed by atoms with Crippen LogP contribution in [0, 0.1) is 0 Å². The number of ether oxygens (including phenoxy) is 1. The van der Waals surface area contributed by atoms with Crippen LogP contribution < -0.4 is 10.2 Å². The Morgan fingerprint density at radius 2 is 2.00 bits per heavy atom. The minimum atomic E-state index is -0.205. The lowest BCUT2D eigenvalue weighted by molar-refractivity contribution is 0.112. The second-order valence-corrected chi connectivity index (χ2v) is 6.38. The van der Waals surface area contributed by atoms with Gasteiger partial charge in [-0.3, -0.25) is 4.79 Å². The van der Waals surface area contributed by atoms with Crippen LogP contribution in [0.1, 0.15) is 35.2 Å². The molecule has 1 saturated carbocycles. The van der Waals surface area contributed by atoms with Crippen LogP contribution in [-0.4, -0.2) is 52.5 Å². The van der Waals surface area contributed by atoms with Gasteiger partial charge in [0.25, 0.3) is 0 Å². The molecule has 2 fully saturated rings. The zero-order valence-corrected chi connectivity index (χ0v) is 13.9. The van der Waals surface area contributed by atoms with Crippen LogP contribution in [0.15, 0.2) is 24.9 Å². The SMILES string of the molecule is O=Cc1cnc(NC2(c3cncnc3)CC2)nc1N1CCCOCC1. The van der Waals surface area contributed by atoms with Crippen LogP contribution in [0.3, 0.4) is 0 Å². The van der Waals surface area contributed by atoms with Gasteiger partial charge < -0.3 is 15.0 Å². The lowest BCUT2D eigenvalue weighted by Gasteiger charge is -2.23. The molecule has 3 heterocycles. The average Bonchev–Trinajstić information content (AvgIpc) is 3.47. The number of nitrogens with zero attached hydrogens (tertiary/aromatic N) is 5. The molecule has 2 aromatic heterocycles. The summed E-state index contributed by atoms with van der Waals surface area (Å²) in [6.45, 7) is 2.90. The number of nitrogens with one attached hydrogen (secondary N) is 1. The first-order valence-electron chi connectivity index (χ1n) is 8.49. The maximum absolute atomic E-state index is 11.4. The van der Waals surface area contributed by atoms with Gasteiger partial charge >= 0.3 is 0 Å². The van der Waals surface area contributed by atoms with Crippen molar-refractivity contribution < 1.29 is 9.53 Å². The first-order valence-corrected chi connectivity index (χ1v) is 8.49. The van der Waals surface area contributed by atoms with Crippen molar-refractivity contribution in [2.75, 3.05) is 36.5 Å². The smallest absolute Gasteiger partial charge is 0.225 e. The summed E-state index contributed by atoms with van der Waals surface area (Å²) in [5, 5.41) is 3.42. The van der Waals surface area contributed by atoms with Gasteiger partial charge in [-0.15, -0.1) is 0 Å². The van der Waals surface area contributed by atoms with Crippen molar-refractivity contribution in [1.29, 1.82) is 0 Å². The third kappa shape index (κ3) is 3.30. The van der Waals surface area contributed by atoms with Crippen LogP contribution in [0.25, 0.3) is 0 Å². The van der Waals surface area contributed by atoms with Gasteiger partial charge in [-0.2, -0.15) is 4.98 Å². The second-order valence-electron chi connectivity index (χ2n) is 6.38. The molecule has 130 valence electrons. The minimum Gasteiger partial charge on any atom is -0.380 e. The van der Waals surface area contributed by atoms with E-state index >= 15 is 0 Å². The quantitative estimate of drug-likeness (QED) is 0.817. The third-order valence-electron chi connectivity index (χ3n) is 4.66. The van der Waals surface area contributed by atoms with E-state index in [1.165, 1.54) is 6.33 Å². The molecule has 0 amide bonds. The summed E-state index contributed by atoms with van der Waals surface area (Å²) < 4.78 is 5.50. The summed E-state index contributed by atoms with van der Waals surface area (Å²) in [5.74, 6) is 1.19. The fourth-order valence-corrected chi connectivity index (χ4v) is 3.11. The van der Waals surface area contributed by atoms with E-state index in [1.807, 2.05) is 12.4 Å². The maximum Gasteiger partial charge on any atom is 0.225 e. The molecular weight excluding hydrogens is 320 g/mol. The zero-order chi connectivity index (χ0) is 17.1. The molecule has 1 N–H and O–H groups in total. The summed E-state index contributed by atoms with van der Waals surface area (Å²) in [4.78, 5) is 30.7. The Bertz CT molecular complexity index is 742. The van der Waals surface area contributed by atoms with Gasteiger partial charge in [0.05, 0.1) is 17.7 Å². The van der Waals surface area contributed by atoms with Crippen LogP contribution in [0.4, 0.5) is 11.8 Å². The van der Waals surface area contributed by atoms with Gasteiger partial charge in [0.15, 0.2) is 6.29 Å². The maximum atomic E-state index is 11.4. The van der Waals surface area contributed by atoms with Crippen molar-refractivity contribution >= 4 is 18.1 Å². The molecule has 2 aromatic rings. The Labute approximate surface area is 145 Å². The predicted octanol–water partition coefficient (Wildman–Crippen LogP) is 1.41. The van der Waals surface area contributed by atoms with Crippen molar-refractivity contribution in [1.82, 2.24) is 19.9 Å². The molecule has 1 aliphatic heterocycles. The van der Waals surface area contributed by atoms with E-state index < -0.39 is 0 Å². The molecule has 1 saturated heterocycles. The van der Waals surface area contributed by atoms with Gasteiger partial charge in [-0.05, 0) is 19.3 Å². The van der Waals surface area contributed by atoms with Crippen LogP contribution in [0.2, 0.25) is 0 Å². The fourth-order valence-electron chi connectivity index (χ4n) is 3.11. The summed E-state index contributed by atoms with van der Waals surface area (Å²) >= 11 is 0. The number of aromatic nitrogens is 4. The van der Waals surface area contributed by atoms with Crippen molar-refractivity contribution in [3.8, 4) is 0 Å². The van der Waals surface area contributed by atoms with E-state index in [2.05, 4.69) is 30.2 Å². The normalized spacial score (nSPS) is 19.1. The largest absolute Gasteiger partial charge is 0.380 e. The van der Waals surface area contributed by atoms with Gasteiger partial charge in [-0.1, -0.05) is 0 Å². The van der Waals surface area contributed by atoms with Gasteiger partial charge in [0, 0.05) is 43.9 Å². The van der Waals surface area contributed by atoms with Gasteiger partial charge in [-0.25, -0.2) is 15.0 Å². The van der Waals surface area contributed by atoms with Crippen molar-refractivity contribution in [2.24, 2.45) is 0 Å². The monoisotopic (exact) mass is 340 g/mol. The van der Waals surface area contributed by atoms with Crippen molar-refractivity contribution in [2.45, 2.75) is 24.8 Å². The highest BCUT2D eigenvalue weighted by Gasteiger charge is 2.45. The number of carbonyl (C=O) groups excluding carboxylic acids is 1. The minimum absolute atomic E-state index is 0.205. The third-order valence-corrected chi connectivity index (χ3v) is 4.66. The molecule has 0 atom stereocenters. The molecule has 25 heavy (non-hydrogen) atoms. The van der Waals surface area contributed by atoms with Crippen LogP contribution >= 0.6 is 0 Å². The van der Waals surface area contributed by atoms with Gasteiger partial charge in [0.2, 0.25) is 5.95 Å². The Balaban J connectivity index is 1.60. The molecule has 0 unspecified atom stereocenters. The molecule has 0 aromatic carbocycles. The number of anilines is 2. The first-order chi connectivity index (χ1) is 12.3. The fraction of sp³-hybridized carbons (Fsp3) is 0.471. The highest BCUT2D eigenvalue weighted by molar-refractivity contribution is 5.82. The van der Waals surface area contributed by atoms with E-state index in [-0.39, 0.29) is 5.54 Å². The van der Waals surface area contributed by atoms with E-state index in [4.69, 9.17) is 4.74 Å². The molecule has 4 rings (SSSR count). The summed E-state index contributed by atoms with van der Waals surface area (Å²) in [5.41, 5.74) is 1.33. The number of rotatable bonds is 5. The summed E-state index contributed by atoms with van der Waals surface area (Å²) in [7, 11) is 0. The standard InChI is InChI=1S/C17H20N6O2/c24-11-13-8-20-16(21-15(13)23-4-1-6-25-7-5-23)22-17(2-3-17)14-9-18-12-19-10-14/h8-12H,1-7H2,(H,20,21,22). The first kappa shape index (κ1) is 15.9. The summed E-state index contributed by atoms with van der Waals surface area (Å²) in [6, 6.07) is 0. The molecule has 0 bridgehead atoms. The second kappa shape index (κ2) is 6.72. The number of hydrogen-bond donors (Lipinski definition) is 1. The van der Waals surface area contributed by atoms with E-state index in [0.29, 0.717) is 23.9 Å². The van der Waals surface area contributed by atoms with E-state index in [9.17, 15) is 4.79 Å². The van der Waals surface area contributed by atoms with Crippen molar-refractivity contribution in [3.63, 3.8) is 0 Å². The Morgan fingerprint density at radius 1 is 1.16 bits per heavy atom. The highest BCUT2D eigenvalue weighted by atomic mass is 16.5. The van der Waals surface area contributed by atoms with Crippen LogP contribution in [-0.2, 0) is 10.3 Å². The van der Waals surface area contributed by atoms with Crippen molar-refractivity contribution in [3.05, 3.63) is 36.0 Å². The van der Waals surface area contributed by atoms with Crippen LogP contribution in [0.5, 0.6) is 0 Å². The zero-order valence-electron chi connectivity index (χ0n) is 13.9. The predicted molar refractivity (Wildman–Crippen MR) is 91.6 cm³/mol. The Morgan fingerprint density at radius 3 is 2.76 bits per heavy atom. The van der Waals surface area contributed by atoms with E-state index in [1.54, 1.807) is 6.20 Å². The summed E-state index contributed by atoms with van der Waals surface area (Å²) in [6.07, 6.45) is 10.4. The molecule has 0 radical (unpaired) electrons. The lowest BCUT2D eigenvalue weighted by atomic mass is 10.1. The molecule has 1 aliphatic carbocycles. The number of carbonyl (C=O) groups is 1.